The number of hydrogen-bond donors (Lipinski definition) is 2. The van der Waals surface area contributed by atoms with E-state index in [-0.39, 0.29) is 18.1 Å². The molecule has 0 aliphatic heterocycles. The van der Waals surface area contributed by atoms with Crippen molar-refractivity contribution in [3.8, 4) is 5.75 Å². The molecular formula is C24H20F3N3O3. The van der Waals surface area contributed by atoms with E-state index >= 15 is 0 Å². The van der Waals surface area contributed by atoms with Gasteiger partial charge in [-0.2, -0.15) is 13.2 Å². The number of aromatic carboxylic acids is 1. The van der Waals surface area contributed by atoms with Gasteiger partial charge >= 0.3 is 12.1 Å². The molecule has 0 amide bonds. The van der Waals surface area contributed by atoms with Crippen molar-refractivity contribution in [3.05, 3.63) is 82.8 Å². The third-order valence-electron chi connectivity index (χ3n) is 5.40. The number of alkyl halides is 3. The van der Waals surface area contributed by atoms with Gasteiger partial charge in [0.1, 0.15) is 12.4 Å². The zero-order valence-electron chi connectivity index (χ0n) is 17.4. The average Bonchev–Trinajstić information content (AvgIpc) is 3.27. The molecule has 33 heavy (non-hydrogen) atoms. The SMILES string of the molecule is Nc1ncc(C2=C(c3cc(C(F)(F)F)ccc3OCc3ccccc3)CCC2)nc1C(=O)O. The molecule has 6 nitrogen and oxygen atoms in total. The number of carboxylic acids is 1. The quantitative estimate of drug-likeness (QED) is 0.513. The summed E-state index contributed by atoms with van der Waals surface area (Å²) in [6, 6.07) is 12.7. The Kier molecular flexibility index (Phi) is 6.04. The van der Waals surface area contributed by atoms with Crippen LogP contribution in [0.1, 0.15) is 52.1 Å². The number of allylic oxidation sites excluding steroid dienone is 2. The first-order valence-corrected chi connectivity index (χ1v) is 10.2. The number of anilines is 1. The van der Waals surface area contributed by atoms with Gasteiger partial charge in [-0.05, 0) is 54.2 Å². The molecule has 4 rings (SSSR count). The van der Waals surface area contributed by atoms with E-state index in [1.54, 1.807) is 0 Å². The molecule has 1 aliphatic rings. The number of nitrogen functional groups attached to an aromatic ring is 1. The highest BCUT2D eigenvalue weighted by atomic mass is 19.4. The molecule has 9 heteroatoms. The molecule has 1 aromatic heterocycles. The molecular weight excluding hydrogens is 435 g/mol. The van der Waals surface area contributed by atoms with Crippen molar-refractivity contribution in [2.45, 2.75) is 32.0 Å². The normalized spacial score (nSPS) is 13.9. The standard InChI is InChI=1S/C24H20F3N3O3/c25-24(26,27)15-9-10-20(33-13-14-5-2-1-3-6-14)18(11-15)16-7-4-8-17(16)19-12-29-22(28)21(30-19)23(31)32/h1-3,5-6,9-12H,4,7-8,13H2,(H2,28,29)(H,31,32). The van der Waals surface area contributed by atoms with Gasteiger partial charge in [0.05, 0.1) is 17.5 Å². The fraction of sp³-hybridized carbons (Fsp3) is 0.208. The van der Waals surface area contributed by atoms with Crippen LogP contribution in [-0.2, 0) is 12.8 Å². The molecule has 3 N–H and O–H groups in total. The van der Waals surface area contributed by atoms with E-state index in [2.05, 4.69) is 9.97 Å². The van der Waals surface area contributed by atoms with Gasteiger partial charge in [0.2, 0.25) is 0 Å². The smallest absolute Gasteiger partial charge is 0.416 e. The van der Waals surface area contributed by atoms with Crippen LogP contribution in [-0.4, -0.2) is 21.0 Å². The van der Waals surface area contributed by atoms with Crippen LogP contribution in [0.15, 0.2) is 54.7 Å². The largest absolute Gasteiger partial charge is 0.488 e. The van der Waals surface area contributed by atoms with E-state index in [1.807, 2.05) is 30.3 Å². The first-order valence-electron chi connectivity index (χ1n) is 10.2. The van der Waals surface area contributed by atoms with Crippen molar-refractivity contribution in [2.24, 2.45) is 0 Å². The summed E-state index contributed by atoms with van der Waals surface area (Å²) in [6.45, 7) is 0.187. The minimum Gasteiger partial charge on any atom is -0.488 e. The van der Waals surface area contributed by atoms with Crippen molar-refractivity contribution in [1.82, 2.24) is 9.97 Å². The van der Waals surface area contributed by atoms with E-state index in [0.29, 0.717) is 41.7 Å². The monoisotopic (exact) mass is 455 g/mol. The predicted octanol–water partition coefficient (Wildman–Crippen LogP) is 5.45. The molecule has 1 heterocycles. The summed E-state index contributed by atoms with van der Waals surface area (Å²) >= 11 is 0. The molecule has 0 saturated heterocycles. The zero-order valence-corrected chi connectivity index (χ0v) is 17.4. The number of nitrogens with two attached hydrogens (primary N) is 1. The number of carbonyl (C=O) groups is 1. The minimum absolute atomic E-state index is 0.187. The van der Waals surface area contributed by atoms with Gasteiger partial charge in [0.25, 0.3) is 0 Å². The molecule has 0 saturated carbocycles. The number of halogens is 3. The van der Waals surface area contributed by atoms with Crippen molar-refractivity contribution in [1.29, 1.82) is 0 Å². The fourth-order valence-corrected chi connectivity index (χ4v) is 3.83. The summed E-state index contributed by atoms with van der Waals surface area (Å²) in [5, 5.41) is 9.32. The Labute approximate surface area is 187 Å². The molecule has 0 fully saturated rings. The molecule has 0 atom stereocenters. The van der Waals surface area contributed by atoms with Crippen LogP contribution in [0.2, 0.25) is 0 Å². The van der Waals surface area contributed by atoms with Crippen LogP contribution < -0.4 is 10.5 Å². The van der Waals surface area contributed by atoms with Crippen LogP contribution in [0, 0.1) is 0 Å². The summed E-state index contributed by atoms with van der Waals surface area (Å²) in [4.78, 5) is 19.5. The lowest BCUT2D eigenvalue weighted by atomic mass is 9.97. The second kappa shape index (κ2) is 8.93. The molecule has 0 unspecified atom stereocenters. The number of nitrogens with zero attached hydrogens (tertiary/aromatic N) is 2. The molecule has 170 valence electrons. The van der Waals surface area contributed by atoms with E-state index in [9.17, 15) is 23.1 Å². The van der Waals surface area contributed by atoms with Gasteiger partial charge in [-0.15, -0.1) is 0 Å². The van der Waals surface area contributed by atoms with Crippen LogP contribution in [0.3, 0.4) is 0 Å². The molecule has 2 aromatic carbocycles. The van der Waals surface area contributed by atoms with Crippen molar-refractivity contribution in [3.63, 3.8) is 0 Å². The third kappa shape index (κ3) is 4.82. The summed E-state index contributed by atoms with van der Waals surface area (Å²) in [5.41, 5.74) is 7.14. The van der Waals surface area contributed by atoms with Gasteiger partial charge in [0.15, 0.2) is 11.5 Å². The van der Waals surface area contributed by atoms with Crippen LogP contribution in [0.4, 0.5) is 19.0 Å². The topological polar surface area (TPSA) is 98.3 Å². The lowest BCUT2D eigenvalue weighted by Crippen LogP contribution is -2.10. The van der Waals surface area contributed by atoms with Crippen LogP contribution in [0.25, 0.3) is 11.1 Å². The Morgan fingerprint density at radius 2 is 1.82 bits per heavy atom. The Morgan fingerprint density at radius 1 is 1.09 bits per heavy atom. The van der Waals surface area contributed by atoms with Crippen molar-refractivity contribution in [2.75, 3.05) is 5.73 Å². The van der Waals surface area contributed by atoms with Gasteiger partial charge < -0.3 is 15.6 Å². The Morgan fingerprint density at radius 3 is 2.52 bits per heavy atom. The third-order valence-corrected chi connectivity index (χ3v) is 5.40. The van der Waals surface area contributed by atoms with E-state index in [4.69, 9.17) is 10.5 Å². The predicted molar refractivity (Wildman–Crippen MR) is 116 cm³/mol. The lowest BCUT2D eigenvalue weighted by molar-refractivity contribution is -0.137. The average molecular weight is 455 g/mol. The number of ether oxygens (including phenoxy) is 1. The second-order valence-electron chi connectivity index (χ2n) is 7.59. The Balaban J connectivity index is 1.80. The second-order valence-corrected chi connectivity index (χ2v) is 7.59. The molecule has 0 radical (unpaired) electrons. The maximum absolute atomic E-state index is 13.5. The maximum atomic E-state index is 13.5. The van der Waals surface area contributed by atoms with Gasteiger partial charge in [0, 0.05) is 5.56 Å². The van der Waals surface area contributed by atoms with Crippen molar-refractivity contribution < 1.29 is 27.8 Å². The van der Waals surface area contributed by atoms with Gasteiger partial charge in [-0.3, -0.25) is 0 Å². The summed E-state index contributed by atoms with van der Waals surface area (Å²) in [6.07, 6.45) is -1.49. The minimum atomic E-state index is -4.52. The number of carboxylic acid groups (broad SMARTS) is 1. The summed E-state index contributed by atoms with van der Waals surface area (Å²) in [7, 11) is 0. The first kappa shape index (κ1) is 22.3. The number of aromatic nitrogens is 2. The lowest BCUT2D eigenvalue weighted by Gasteiger charge is -2.17. The number of hydrogen-bond acceptors (Lipinski definition) is 5. The van der Waals surface area contributed by atoms with Gasteiger partial charge in [-0.25, -0.2) is 14.8 Å². The van der Waals surface area contributed by atoms with Crippen LogP contribution >= 0.6 is 0 Å². The molecule has 1 aliphatic carbocycles. The highest BCUT2D eigenvalue weighted by Gasteiger charge is 2.32. The van der Waals surface area contributed by atoms with Crippen LogP contribution in [0.5, 0.6) is 5.75 Å². The zero-order chi connectivity index (χ0) is 23.6. The fourth-order valence-electron chi connectivity index (χ4n) is 3.83. The summed E-state index contributed by atoms with van der Waals surface area (Å²) < 4.78 is 46.4. The molecule has 3 aromatic rings. The first-order chi connectivity index (χ1) is 15.7. The van der Waals surface area contributed by atoms with E-state index < -0.39 is 23.4 Å². The van der Waals surface area contributed by atoms with E-state index in [0.717, 1.165) is 17.7 Å². The summed E-state index contributed by atoms with van der Waals surface area (Å²) in [5.74, 6) is -1.24. The molecule has 0 bridgehead atoms. The Bertz CT molecular complexity index is 1220. The Hall–Kier alpha value is -3.88. The van der Waals surface area contributed by atoms with Gasteiger partial charge in [-0.1, -0.05) is 30.3 Å². The van der Waals surface area contributed by atoms with Crippen molar-refractivity contribution >= 4 is 22.9 Å². The van der Waals surface area contributed by atoms with E-state index in [1.165, 1.54) is 12.3 Å². The number of benzene rings is 2. The highest BCUT2D eigenvalue weighted by Crippen LogP contribution is 2.44. The number of rotatable bonds is 6. The highest BCUT2D eigenvalue weighted by molar-refractivity contribution is 5.95. The molecule has 0 spiro atoms. The maximum Gasteiger partial charge on any atom is 0.416 e.